The number of esters is 3. The number of hydrogen-bond donors (Lipinski definition) is 0. The second kappa shape index (κ2) is 63.1. The fourth-order valence-electron chi connectivity index (χ4n) is 8.20. The van der Waals surface area contributed by atoms with E-state index in [-0.39, 0.29) is 31.1 Å². The summed E-state index contributed by atoms with van der Waals surface area (Å²) in [5.41, 5.74) is 0. The van der Waals surface area contributed by atoms with E-state index in [9.17, 15) is 14.4 Å². The van der Waals surface area contributed by atoms with Crippen molar-refractivity contribution < 1.29 is 28.6 Å². The number of unbranched alkanes of at least 4 members (excludes halogenated alkanes) is 22. The average Bonchev–Trinajstić information content (AvgIpc) is 3.42. The second-order valence-corrected chi connectivity index (χ2v) is 20.2. The van der Waals surface area contributed by atoms with Crippen molar-refractivity contribution in [3.05, 3.63) is 134 Å². The Hall–Kier alpha value is -4.45. The van der Waals surface area contributed by atoms with Gasteiger partial charge >= 0.3 is 17.9 Å². The summed E-state index contributed by atoms with van der Waals surface area (Å²) >= 11 is 0. The van der Waals surface area contributed by atoms with Crippen LogP contribution in [0.15, 0.2) is 134 Å². The van der Waals surface area contributed by atoms with Crippen LogP contribution in [0.3, 0.4) is 0 Å². The topological polar surface area (TPSA) is 78.9 Å². The Labute approximate surface area is 468 Å². The van der Waals surface area contributed by atoms with Gasteiger partial charge in [0.1, 0.15) is 13.2 Å². The molecule has 430 valence electrons. The summed E-state index contributed by atoms with van der Waals surface area (Å²) in [6.45, 7) is 6.41. The lowest BCUT2D eigenvalue weighted by Crippen LogP contribution is -2.30. The number of rotatable bonds is 55. The van der Waals surface area contributed by atoms with E-state index in [0.717, 1.165) is 148 Å². The van der Waals surface area contributed by atoms with Crippen molar-refractivity contribution in [2.75, 3.05) is 13.2 Å². The van der Waals surface area contributed by atoms with Crippen LogP contribution in [0.25, 0.3) is 0 Å². The summed E-state index contributed by atoms with van der Waals surface area (Å²) in [6, 6.07) is 0. The molecule has 6 nitrogen and oxygen atoms in total. The molecule has 0 amide bonds. The van der Waals surface area contributed by atoms with Crippen LogP contribution in [0, 0.1) is 0 Å². The largest absolute Gasteiger partial charge is 0.462 e. The average molecular weight is 1050 g/mol. The molecule has 0 spiro atoms. The molecule has 0 aromatic carbocycles. The Bertz CT molecular complexity index is 1630. The number of ether oxygens (including phenoxy) is 3. The molecule has 0 aromatic heterocycles. The molecule has 0 fully saturated rings. The number of allylic oxidation sites excluding steroid dienone is 22. The van der Waals surface area contributed by atoms with Crippen molar-refractivity contribution in [1.82, 2.24) is 0 Å². The van der Waals surface area contributed by atoms with Crippen LogP contribution in [0.5, 0.6) is 0 Å². The molecule has 1 unspecified atom stereocenters. The Balaban J connectivity index is 4.34. The van der Waals surface area contributed by atoms with E-state index in [1.165, 1.54) is 83.5 Å². The summed E-state index contributed by atoms with van der Waals surface area (Å²) in [6.07, 6.45) is 88.8. The molecular formula is C70H114O6. The first-order valence-electron chi connectivity index (χ1n) is 31.2. The van der Waals surface area contributed by atoms with Gasteiger partial charge in [-0.15, -0.1) is 0 Å². The first kappa shape index (κ1) is 71.5. The summed E-state index contributed by atoms with van der Waals surface area (Å²) in [5, 5.41) is 0. The van der Waals surface area contributed by atoms with Gasteiger partial charge in [0.25, 0.3) is 0 Å². The van der Waals surface area contributed by atoms with E-state index in [1.54, 1.807) is 0 Å². The van der Waals surface area contributed by atoms with Gasteiger partial charge in [-0.25, -0.2) is 0 Å². The zero-order valence-electron chi connectivity index (χ0n) is 49.2. The molecule has 0 saturated carbocycles. The Morgan fingerprint density at radius 2 is 0.539 bits per heavy atom. The van der Waals surface area contributed by atoms with Crippen LogP contribution in [0.2, 0.25) is 0 Å². The molecule has 6 heteroatoms. The smallest absolute Gasteiger partial charge is 0.306 e. The lowest BCUT2D eigenvalue weighted by atomic mass is 10.1. The highest BCUT2D eigenvalue weighted by atomic mass is 16.6. The number of hydrogen-bond acceptors (Lipinski definition) is 6. The zero-order valence-corrected chi connectivity index (χ0v) is 49.2. The van der Waals surface area contributed by atoms with Crippen LogP contribution in [0.1, 0.15) is 271 Å². The maximum atomic E-state index is 12.9. The lowest BCUT2D eigenvalue weighted by Gasteiger charge is -2.18. The van der Waals surface area contributed by atoms with Gasteiger partial charge in [0, 0.05) is 19.3 Å². The minimum Gasteiger partial charge on any atom is -0.462 e. The Morgan fingerprint density at radius 3 is 0.868 bits per heavy atom. The van der Waals surface area contributed by atoms with Gasteiger partial charge in [0.05, 0.1) is 0 Å². The van der Waals surface area contributed by atoms with E-state index in [4.69, 9.17) is 14.2 Å². The molecule has 0 bridgehead atoms. The Kier molecular flexibility index (Phi) is 59.4. The molecule has 0 aliphatic rings. The molecule has 0 aromatic rings. The number of carbonyl (C=O) groups excluding carboxylic acids is 3. The molecule has 0 radical (unpaired) electrons. The highest BCUT2D eigenvalue weighted by Crippen LogP contribution is 2.15. The molecule has 1 atom stereocenters. The fraction of sp³-hybridized carbons (Fsp3) is 0.643. The summed E-state index contributed by atoms with van der Waals surface area (Å²) in [7, 11) is 0. The molecule has 0 saturated heterocycles. The quantitative estimate of drug-likeness (QED) is 0.0261. The van der Waals surface area contributed by atoms with Crippen molar-refractivity contribution in [2.24, 2.45) is 0 Å². The van der Waals surface area contributed by atoms with Gasteiger partial charge in [0.15, 0.2) is 6.10 Å². The second-order valence-electron chi connectivity index (χ2n) is 20.2. The van der Waals surface area contributed by atoms with Crippen molar-refractivity contribution in [1.29, 1.82) is 0 Å². The Morgan fingerprint density at radius 1 is 0.276 bits per heavy atom. The van der Waals surface area contributed by atoms with Crippen LogP contribution < -0.4 is 0 Å². The van der Waals surface area contributed by atoms with Crippen LogP contribution in [0.4, 0.5) is 0 Å². The highest BCUT2D eigenvalue weighted by Gasteiger charge is 2.19. The normalized spacial score (nSPS) is 13.0. The van der Waals surface area contributed by atoms with E-state index in [2.05, 4.69) is 154 Å². The molecule has 0 N–H and O–H groups in total. The predicted octanol–water partition coefficient (Wildman–Crippen LogP) is 21.4. The molecule has 0 heterocycles. The number of carbonyl (C=O) groups is 3. The molecule has 76 heavy (non-hydrogen) atoms. The summed E-state index contributed by atoms with van der Waals surface area (Å²) in [5.74, 6) is -0.937. The third kappa shape index (κ3) is 60.4. The standard InChI is InChI=1S/C70H114O6/c1-4-7-10-13-16-19-22-24-26-28-30-31-32-33-34-35-36-37-38-39-41-42-44-46-48-51-54-57-60-63-69(72)75-66-67(65-74-68(71)62-59-56-53-50-21-18-15-12-9-6-3)76-70(73)64-61-58-55-52-49-47-45-43-40-29-27-25-23-20-17-14-11-8-5-2/h7,10,12,15-17,19-20,24-27,30-31,33-34,36-37,39,41,44,46,67H,4-6,8-9,11,13-14,18,21-23,28-29,32,35,38,40,42-43,45,47-66H2,1-3H3/b10-7-,15-12-,19-16-,20-17-,26-24-,27-25-,31-30-,34-33-,37-36-,41-39-,46-44-. The van der Waals surface area contributed by atoms with Crippen LogP contribution >= 0.6 is 0 Å². The van der Waals surface area contributed by atoms with E-state index < -0.39 is 6.10 Å². The van der Waals surface area contributed by atoms with Gasteiger partial charge in [-0.1, -0.05) is 251 Å². The summed E-state index contributed by atoms with van der Waals surface area (Å²) < 4.78 is 16.8. The minimum absolute atomic E-state index is 0.0957. The van der Waals surface area contributed by atoms with E-state index in [1.807, 2.05) is 0 Å². The highest BCUT2D eigenvalue weighted by molar-refractivity contribution is 5.71. The fourth-order valence-corrected chi connectivity index (χ4v) is 8.20. The van der Waals surface area contributed by atoms with Gasteiger partial charge in [-0.2, -0.15) is 0 Å². The van der Waals surface area contributed by atoms with Crippen LogP contribution in [-0.2, 0) is 28.6 Å². The third-order valence-electron chi connectivity index (χ3n) is 12.8. The summed E-state index contributed by atoms with van der Waals surface area (Å²) in [4.78, 5) is 38.2. The maximum absolute atomic E-state index is 12.9. The van der Waals surface area contributed by atoms with Gasteiger partial charge in [-0.3, -0.25) is 14.4 Å². The minimum atomic E-state index is -0.799. The van der Waals surface area contributed by atoms with E-state index in [0.29, 0.717) is 19.3 Å². The zero-order chi connectivity index (χ0) is 55.0. The van der Waals surface area contributed by atoms with E-state index >= 15 is 0 Å². The van der Waals surface area contributed by atoms with Crippen molar-refractivity contribution >= 4 is 17.9 Å². The maximum Gasteiger partial charge on any atom is 0.306 e. The molecular weight excluding hydrogens is 937 g/mol. The van der Waals surface area contributed by atoms with Crippen molar-refractivity contribution in [3.63, 3.8) is 0 Å². The first-order chi connectivity index (χ1) is 37.5. The molecule has 0 rings (SSSR count). The van der Waals surface area contributed by atoms with Crippen molar-refractivity contribution in [3.8, 4) is 0 Å². The van der Waals surface area contributed by atoms with Gasteiger partial charge in [-0.05, 0) is 135 Å². The third-order valence-corrected chi connectivity index (χ3v) is 12.8. The van der Waals surface area contributed by atoms with Crippen molar-refractivity contribution in [2.45, 2.75) is 277 Å². The molecule has 0 aliphatic carbocycles. The SMILES string of the molecule is CC/C=C\C/C=C\C/C=C\C/C=C\C/C=C\C/C=C\C/C=C\C/C=C\CCCCCCC(=O)OCC(COC(=O)CCCCCCC/C=C\CCC)OC(=O)CCCCCCCCCCC/C=C\C/C=C\CCCCC. The van der Waals surface area contributed by atoms with Gasteiger partial charge in [0.2, 0.25) is 0 Å². The lowest BCUT2D eigenvalue weighted by molar-refractivity contribution is -0.167. The monoisotopic (exact) mass is 1050 g/mol. The van der Waals surface area contributed by atoms with Gasteiger partial charge < -0.3 is 14.2 Å². The van der Waals surface area contributed by atoms with Crippen LogP contribution in [-0.4, -0.2) is 37.2 Å². The molecule has 0 aliphatic heterocycles. The predicted molar refractivity (Wildman–Crippen MR) is 329 cm³/mol. The first-order valence-corrected chi connectivity index (χ1v) is 31.2.